The monoisotopic (exact) mass is 368 g/mol. The van der Waals surface area contributed by atoms with Crippen LogP contribution in [0, 0.1) is 0 Å². The van der Waals surface area contributed by atoms with Crippen molar-refractivity contribution in [1.82, 2.24) is 25.2 Å². The Bertz CT molecular complexity index is 908. The second-order valence-electron chi connectivity index (χ2n) is 5.96. The number of hydrogen-bond donors (Lipinski definition) is 2. The van der Waals surface area contributed by atoms with Gasteiger partial charge >= 0.3 is 0 Å². The van der Waals surface area contributed by atoms with E-state index in [4.69, 9.17) is 9.47 Å². The fourth-order valence-electron chi connectivity index (χ4n) is 2.58. The average molecular weight is 368 g/mol. The van der Waals surface area contributed by atoms with Crippen molar-refractivity contribution in [2.75, 3.05) is 20.7 Å². The van der Waals surface area contributed by atoms with E-state index in [1.54, 1.807) is 14.2 Å². The van der Waals surface area contributed by atoms with Crippen LogP contribution in [0.4, 0.5) is 0 Å². The standard InChI is InChI=1S/C19H24N6O2/c1-14(27-16-8-6-7-15(11-16)26-3)12-21-19(20-2)22-13-18-24-23-17-9-4-5-10-25(17)18/h4-11,14H,12-13H2,1-3H3,(H2,20,21,22). The van der Waals surface area contributed by atoms with E-state index in [9.17, 15) is 0 Å². The number of guanidine groups is 1. The topological polar surface area (TPSA) is 85.1 Å². The summed E-state index contributed by atoms with van der Waals surface area (Å²) in [7, 11) is 3.36. The molecule has 0 aliphatic rings. The Hall–Kier alpha value is -3.29. The van der Waals surface area contributed by atoms with Gasteiger partial charge in [-0.05, 0) is 31.2 Å². The Morgan fingerprint density at radius 2 is 2.00 bits per heavy atom. The van der Waals surface area contributed by atoms with Gasteiger partial charge < -0.3 is 20.1 Å². The second-order valence-corrected chi connectivity index (χ2v) is 5.96. The van der Waals surface area contributed by atoms with E-state index in [0.717, 1.165) is 23.0 Å². The smallest absolute Gasteiger partial charge is 0.191 e. The summed E-state index contributed by atoms with van der Waals surface area (Å²) < 4.78 is 13.1. The first-order valence-electron chi connectivity index (χ1n) is 8.73. The number of benzene rings is 1. The van der Waals surface area contributed by atoms with Gasteiger partial charge in [0.2, 0.25) is 0 Å². The third-order valence-electron chi connectivity index (χ3n) is 3.96. The van der Waals surface area contributed by atoms with Crippen LogP contribution in [0.25, 0.3) is 5.65 Å². The predicted octanol–water partition coefficient (Wildman–Crippen LogP) is 1.87. The van der Waals surface area contributed by atoms with E-state index in [1.807, 2.05) is 60.0 Å². The molecule has 3 aromatic rings. The fraction of sp³-hybridized carbons (Fsp3) is 0.316. The number of rotatable bonds is 7. The van der Waals surface area contributed by atoms with Gasteiger partial charge in [-0.15, -0.1) is 10.2 Å². The van der Waals surface area contributed by atoms with E-state index >= 15 is 0 Å². The van der Waals surface area contributed by atoms with Crippen LogP contribution in [0.2, 0.25) is 0 Å². The zero-order valence-electron chi connectivity index (χ0n) is 15.7. The number of hydrogen-bond acceptors (Lipinski definition) is 5. The van der Waals surface area contributed by atoms with E-state index in [-0.39, 0.29) is 6.10 Å². The number of aliphatic imine (C=N–C) groups is 1. The van der Waals surface area contributed by atoms with Gasteiger partial charge in [-0.25, -0.2) is 0 Å². The fourth-order valence-corrected chi connectivity index (χ4v) is 2.58. The minimum absolute atomic E-state index is 0.0513. The number of fused-ring (bicyclic) bond motifs is 1. The van der Waals surface area contributed by atoms with Crippen LogP contribution in [0.15, 0.2) is 53.7 Å². The third kappa shape index (κ3) is 4.87. The summed E-state index contributed by atoms with van der Waals surface area (Å²) in [6.45, 7) is 3.10. The summed E-state index contributed by atoms with van der Waals surface area (Å²) in [6.07, 6.45) is 1.89. The highest BCUT2D eigenvalue weighted by atomic mass is 16.5. The highest BCUT2D eigenvalue weighted by Crippen LogP contribution is 2.19. The molecule has 0 amide bonds. The van der Waals surface area contributed by atoms with Gasteiger partial charge in [0.15, 0.2) is 17.4 Å². The molecule has 2 aromatic heterocycles. The Morgan fingerprint density at radius 1 is 1.15 bits per heavy atom. The number of nitrogens with one attached hydrogen (secondary N) is 2. The van der Waals surface area contributed by atoms with Crippen LogP contribution in [0.3, 0.4) is 0 Å². The van der Waals surface area contributed by atoms with E-state index < -0.39 is 0 Å². The molecule has 0 radical (unpaired) electrons. The SMILES string of the molecule is CN=C(NCc1nnc2ccccn12)NCC(C)Oc1cccc(OC)c1. The van der Waals surface area contributed by atoms with Crippen LogP contribution in [-0.2, 0) is 6.54 Å². The molecule has 0 aliphatic carbocycles. The molecule has 1 aromatic carbocycles. The molecule has 8 nitrogen and oxygen atoms in total. The molecule has 0 saturated carbocycles. The maximum absolute atomic E-state index is 5.91. The molecular formula is C19H24N6O2. The lowest BCUT2D eigenvalue weighted by Crippen LogP contribution is -2.41. The van der Waals surface area contributed by atoms with E-state index in [0.29, 0.717) is 19.0 Å². The molecule has 142 valence electrons. The minimum Gasteiger partial charge on any atom is -0.497 e. The highest BCUT2D eigenvalue weighted by molar-refractivity contribution is 5.79. The number of aromatic nitrogens is 3. The molecule has 8 heteroatoms. The third-order valence-corrected chi connectivity index (χ3v) is 3.96. The van der Waals surface area contributed by atoms with Crippen molar-refractivity contribution >= 4 is 11.6 Å². The van der Waals surface area contributed by atoms with Crippen LogP contribution >= 0.6 is 0 Å². The summed E-state index contributed by atoms with van der Waals surface area (Å²) in [5.41, 5.74) is 0.817. The van der Waals surface area contributed by atoms with E-state index in [2.05, 4.69) is 25.8 Å². The first-order valence-corrected chi connectivity index (χ1v) is 8.73. The van der Waals surface area contributed by atoms with Gasteiger partial charge in [-0.1, -0.05) is 12.1 Å². The van der Waals surface area contributed by atoms with Crippen molar-refractivity contribution in [3.05, 3.63) is 54.5 Å². The number of nitrogens with zero attached hydrogens (tertiary/aromatic N) is 4. The highest BCUT2D eigenvalue weighted by Gasteiger charge is 2.08. The van der Waals surface area contributed by atoms with E-state index in [1.165, 1.54) is 0 Å². The first-order chi connectivity index (χ1) is 13.2. The predicted molar refractivity (Wildman–Crippen MR) is 104 cm³/mol. The normalized spacial score (nSPS) is 12.6. The van der Waals surface area contributed by atoms with Gasteiger partial charge in [-0.2, -0.15) is 0 Å². The lowest BCUT2D eigenvalue weighted by Gasteiger charge is -2.18. The molecule has 1 atom stereocenters. The summed E-state index contributed by atoms with van der Waals surface area (Å²) in [5, 5.41) is 14.8. The van der Waals surface area contributed by atoms with Crippen molar-refractivity contribution in [2.45, 2.75) is 19.6 Å². The average Bonchev–Trinajstić information content (AvgIpc) is 3.11. The van der Waals surface area contributed by atoms with Crippen molar-refractivity contribution in [3.8, 4) is 11.5 Å². The van der Waals surface area contributed by atoms with Gasteiger partial charge in [0.25, 0.3) is 0 Å². The molecule has 1 unspecified atom stereocenters. The quantitative estimate of drug-likeness (QED) is 0.489. The number of ether oxygens (including phenoxy) is 2. The number of pyridine rings is 1. The maximum atomic E-state index is 5.91. The van der Waals surface area contributed by atoms with Crippen molar-refractivity contribution in [1.29, 1.82) is 0 Å². The zero-order valence-corrected chi connectivity index (χ0v) is 15.7. The summed E-state index contributed by atoms with van der Waals surface area (Å²) in [5.74, 6) is 3.02. The molecule has 0 saturated heterocycles. The second kappa shape index (κ2) is 8.88. The van der Waals surface area contributed by atoms with Crippen molar-refractivity contribution < 1.29 is 9.47 Å². The van der Waals surface area contributed by atoms with Gasteiger partial charge in [-0.3, -0.25) is 9.39 Å². The molecule has 27 heavy (non-hydrogen) atoms. The largest absolute Gasteiger partial charge is 0.497 e. The van der Waals surface area contributed by atoms with Crippen molar-refractivity contribution in [2.24, 2.45) is 4.99 Å². The van der Waals surface area contributed by atoms with Crippen LogP contribution in [0.1, 0.15) is 12.7 Å². The van der Waals surface area contributed by atoms with Crippen LogP contribution < -0.4 is 20.1 Å². The van der Waals surface area contributed by atoms with Crippen LogP contribution in [0.5, 0.6) is 11.5 Å². The number of methoxy groups -OCH3 is 1. The Labute approximate surface area is 158 Å². The molecule has 0 aliphatic heterocycles. The Kier molecular flexibility index (Phi) is 6.09. The molecule has 2 N–H and O–H groups in total. The molecule has 3 rings (SSSR count). The van der Waals surface area contributed by atoms with Gasteiger partial charge in [0, 0.05) is 19.3 Å². The maximum Gasteiger partial charge on any atom is 0.191 e. The molecule has 2 heterocycles. The lowest BCUT2D eigenvalue weighted by atomic mass is 10.3. The summed E-state index contributed by atoms with van der Waals surface area (Å²) in [4.78, 5) is 4.24. The summed E-state index contributed by atoms with van der Waals surface area (Å²) >= 11 is 0. The lowest BCUT2D eigenvalue weighted by molar-refractivity contribution is 0.223. The molecule has 0 fully saturated rings. The van der Waals surface area contributed by atoms with Crippen LogP contribution in [-0.4, -0.2) is 47.4 Å². The Morgan fingerprint density at radius 3 is 2.81 bits per heavy atom. The molecule has 0 bridgehead atoms. The van der Waals surface area contributed by atoms with Crippen molar-refractivity contribution in [3.63, 3.8) is 0 Å². The zero-order chi connectivity index (χ0) is 19.1. The minimum atomic E-state index is -0.0513. The Balaban J connectivity index is 1.50. The van der Waals surface area contributed by atoms with Gasteiger partial charge in [0.1, 0.15) is 17.6 Å². The van der Waals surface area contributed by atoms with Gasteiger partial charge in [0.05, 0.1) is 20.2 Å². The first kappa shape index (κ1) is 18.5. The molecular weight excluding hydrogens is 344 g/mol. The summed E-state index contributed by atoms with van der Waals surface area (Å²) in [6, 6.07) is 13.4. The molecule has 0 spiro atoms.